The second-order valence-electron chi connectivity index (χ2n) is 5.01. The van der Waals surface area contributed by atoms with Crippen molar-refractivity contribution in [2.45, 2.75) is 29.1 Å². The quantitative estimate of drug-likeness (QED) is 0.372. The van der Waals surface area contributed by atoms with Crippen molar-refractivity contribution < 1.29 is 5.21 Å². The molecule has 0 heterocycles. The number of hydrogen-bond acceptors (Lipinski definition) is 3. The zero-order valence-electron chi connectivity index (χ0n) is 11.3. The lowest BCUT2D eigenvalue weighted by Gasteiger charge is -2.10. The largest absolute Gasteiger partial charge is 0.409 e. The Balaban J connectivity index is 1.96. The van der Waals surface area contributed by atoms with E-state index in [1.54, 1.807) is 11.8 Å². The number of amidine groups is 1. The predicted molar refractivity (Wildman–Crippen MR) is 89.2 cm³/mol. The van der Waals surface area contributed by atoms with Crippen LogP contribution in [0.2, 0.25) is 0 Å². The lowest BCUT2D eigenvalue weighted by Crippen LogP contribution is -2.14. The molecule has 108 valence electrons. The van der Waals surface area contributed by atoms with Crippen molar-refractivity contribution in [3.05, 3.63) is 57.6 Å². The zero-order valence-corrected chi connectivity index (χ0v) is 13.7. The number of halogens is 1. The number of benzene rings is 2. The van der Waals surface area contributed by atoms with E-state index in [-0.39, 0.29) is 5.84 Å². The van der Waals surface area contributed by atoms with Crippen LogP contribution in [0.5, 0.6) is 0 Å². The maximum atomic E-state index is 8.92. The van der Waals surface area contributed by atoms with Gasteiger partial charge in [-0.3, -0.25) is 0 Å². The minimum atomic E-state index is 0.131. The fourth-order valence-corrected chi connectivity index (χ4v) is 4.16. The molecule has 0 aliphatic heterocycles. The molecule has 1 aliphatic carbocycles. The molecule has 0 atom stereocenters. The number of nitrogens with two attached hydrogens (primary N) is 1. The highest BCUT2D eigenvalue weighted by atomic mass is 79.9. The average Bonchev–Trinajstić information content (AvgIpc) is 2.94. The molecule has 0 saturated heterocycles. The number of rotatable bonds is 3. The van der Waals surface area contributed by atoms with Crippen LogP contribution in [0.3, 0.4) is 0 Å². The molecule has 0 aromatic heterocycles. The van der Waals surface area contributed by atoms with Gasteiger partial charge in [0.15, 0.2) is 5.84 Å². The molecular formula is C16H15BrN2OS. The second-order valence-corrected chi connectivity index (χ2v) is 7.04. The van der Waals surface area contributed by atoms with E-state index in [0.717, 1.165) is 21.4 Å². The van der Waals surface area contributed by atoms with E-state index in [1.807, 2.05) is 18.2 Å². The summed E-state index contributed by atoms with van der Waals surface area (Å²) in [7, 11) is 0. The molecule has 0 spiro atoms. The van der Waals surface area contributed by atoms with Gasteiger partial charge in [-0.05, 0) is 60.7 Å². The Morgan fingerprint density at radius 3 is 2.76 bits per heavy atom. The average molecular weight is 363 g/mol. The molecular weight excluding hydrogens is 348 g/mol. The van der Waals surface area contributed by atoms with E-state index < -0.39 is 0 Å². The number of hydrogen-bond donors (Lipinski definition) is 2. The van der Waals surface area contributed by atoms with E-state index in [0.29, 0.717) is 0 Å². The third kappa shape index (κ3) is 3.09. The highest BCUT2D eigenvalue weighted by molar-refractivity contribution is 9.10. The Labute approximate surface area is 136 Å². The van der Waals surface area contributed by atoms with Crippen molar-refractivity contribution in [1.82, 2.24) is 0 Å². The summed E-state index contributed by atoms with van der Waals surface area (Å²) in [5, 5.41) is 12.0. The van der Waals surface area contributed by atoms with Crippen molar-refractivity contribution in [2.75, 3.05) is 0 Å². The van der Waals surface area contributed by atoms with Crippen LogP contribution in [0.15, 0.2) is 55.8 Å². The molecule has 0 saturated carbocycles. The van der Waals surface area contributed by atoms with Gasteiger partial charge in [0.2, 0.25) is 0 Å². The minimum Gasteiger partial charge on any atom is -0.409 e. The Morgan fingerprint density at radius 2 is 1.95 bits per heavy atom. The van der Waals surface area contributed by atoms with Gasteiger partial charge in [-0.15, -0.1) is 0 Å². The van der Waals surface area contributed by atoms with E-state index in [2.05, 4.69) is 39.3 Å². The number of fused-ring (bicyclic) bond motifs is 1. The molecule has 1 aliphatic rings. The molecule has 2 aromatic carbocycles. The molecule has 5 heteroatoms. The van der Waals surface area contributed by atoms with Gasteiger partial charge >= 0.3 is 0 Å². The van der Waals surface area contributed by atoms with Crippen molar-refractivity contribution in [3.8, 4) is 0 Å². The first-order valence-corrected chi connectivity index (χ1v) is 8.35. The minimum absolute atomic E-state index is 0.131. The summed E-state index contributed by atoms with van der Waals surface area (Å²) >= 11 is 5.11. The molecule has 3 rings (SSSR count). The van der Waals surface area contributed by atoms with Crippen LogP contribution in [-0.4, -0.2) is 11.0 Å². The smallest absolute Gasteiger partial charge is 0.171 e. The predicted octanol–water partition coefficient (Wildman–Crippen LogP) is 4.18. The van der Waals surface area contributed by atoms with Crippen molar-refractivity contribution >= 4 is 33.5 Å². The Morgan fingerprint density at radius 1 is 1.14 bits per heavy atom. The molecule has 0 bridgehead atoms. The topological polar surface area (TPSA) is 58.6 Å². The van der Waals surface area contributed by atoms with E-state index in [1.165, 1.54) is 28.9 Å². The molecule has 3 nitrogen and oxygen atoms in total. The molecule has 0 unspecified atom stereocenters. The highest BCUT2D eigenvalue weighted by Crippen LogP contribution is 2.35. The van der Waals surface area contributed by atoms with Crippen LogP contribution in [0, 0.1) is 0 Å². The van der Waals surface area contributed by atoms with Gasteiger partial charge in [0.05, 0.1) is 0 Å². The second kappa shape index (κ2) is 6.12. The first-order valence-electron chi connectivity index (χ1n) is 6.74. The maximum absolute atomic E-state index is 8.92. The fraction of sp³-hybridized carbons (Fsp3) is 0.188. The van der Waals surface area contributed by atoms with Crippen LogP contribution in [-0.2, 0) is 12.8 Å². The van der Waals surface area contributed by atoms with Gasteiger partial charge in [-0.25, -0.2) is 0 Å². The van der Waals surface area contributed by atoms with Crippen molar-refractivity contribution in [2.24, 2.45) is 10.9 Å². The molecule has 21 heavy (non-hydrogen) atoms. The SMILES string of the molecule is N/C(=N/O)c1ccc(Br)cc1Sc1ccc2c(c1)CCC2. The summed E-state index contributed by atoms with van der Waals surface area (Å²) in [6.07, 6.45) is 3.59. The number of nitrogens with zero attached hydrogens (tertiary/aromatic N) is 1. The first-order chi connectivity index (χ1) is 10.2. The van der Waals surface area contributed by atoms with Crippen LogP contribution >= 0.6 is 27.7 Å². The van der Waals surface area contributed by atoms with Crippen LogP contribution in [0.25, 0.3) is 0 Å². The summed E-state index contributed by atoms with van der Waals surface area (Å²) in [5.74, 6) is 0.131. The lowest BCUT2D eigenvalue weighted by atomic mass is 10.1. The molecule has 2 aromatic rings. The van der Waals surface area contributed by atoms with Gasteiger partial charge in [-0.2, -0.15) is 0 Å². The molecule has 0 fully saturated rings. The van der Waals surface area contributed by atoms with Gasteiger partial charge in [0, 0.05) is 19.8 Å². The Bertz CT molecular complexity index is 715. The Kier molecular flexibility index (Phi) is 4.22. The standard InChI is InChI=1S/C16H15BrN2OS/c17-12-5-7-14(16(18)19-20)15(9-12)21-13-6-4-10-2-1-3-11(10)8-13/h4-9,20H,1-3H2,(H2,18,19). The van der Waals surface area contributed by atoms with Gasteiger partial charge < -0.3 is 10.9 Å². The highest BCUT2D eigenvalue weighted by Gasteiger charge is 2.13. The summed E-state index contributed by atoms with van der Waals surface area (Å²) in [4.78, 5) is 2.15. The van der Waals surface area contributed by atoms with E-state index in [4.69, 9.17) is 10.9 Å². The van der Waals surface area contributed by atoms with Crippen LogP contribution < -0.4 is 5.73 Å². The zero-order chi connectivity index (χ0) is 14.8. The fourth-order valence-electron chi connectivity index (χ4n) is 2.58. The van der Waals surface area contributed by atoms with Crippen LogP contribution in [0.4, 0.5) is 0 Å². The van der Waals surface area contributed by atoms with Crippen LogP contribution in [0.1, 0.15) is 23.1 Å². The number of aryl methyl sites for hydroxylation is 2. The van der Waals surface area contributed by atoms with Crippen molar-refractivity contribution in [1.29, 1.82) is 0 Å². The summed E-state index contributed by atoms with van der Waals surface area (Å²) < 4.78 is 0.973. The van der Waals surface area contributed by atoms with E-state index in [9.17, 15) is 0 Å². The number of oxime groups is 1. The monoisotopic (exact) mass is 362 g/mol. The van der Waals surface area contributed by atoms with Crippen molar-refractivity contribution in [3.63, 3.8) is 0 Å². The molecule has 0 radical (unpaired) electrons. The third-order valence-corrected chi connectivity index (χ3v) is 5.17. The Hall–Kier alpha value is -1.46. The van der Waals surface area contributed by atoms with Gasteiger partial charge in [0.1, 0.15) is 0 Å². The molecule has 3 N–H and O–H groups in total. The van der Waals surface area contributed by atoms with Gasteiger partial charge in [-0.1, -0.05) is 38.9 Å². The van der Waals surface area contributed by atoms with Gasteiger partial charge in [0.25, 0.3) is 0 Å². The first kappa shape index (κ1) is 14.5. The third-order valence-electron chi connectivity index (χ3n) is 3.63. The summed E-state index contributed by atoms with van der Waals surface area (Å²) in [6, 6.07) is 12.3. The molecule has 0 amide bonds. The summed E-state index contributed by atoms with van der Waals surface area (Å²) in [6.45, 7) is 0. The lowest BCUT2D eigenvalue weighted by molar-refractivity contribution is 0.318. The maximum Gasteiger partial charge on any atom is 0.171 e. The normalized spacial score (nSPS) is 14.2. The van der Waals surface area contributed by atoms with E-state index >= 15 is 0 Å². The summed E-state index contributed by atoms with van der Waals surface area (Å²) in [5.41, 5.74) is 9.41.